The summed E-state index contributed by atoms with van der Waals surface area (Å²) >= 11 is 0. The smallest absolute Gasteiger partial charge is 0.546 e. The van der Waals surface area contributed by atoms with Crippen LogP contribution in [0.2, 0.25) is 0 Å². The van der Waals surface area contributed by atoms with Crippen molar-refractivity contribution in [2.24, 2.45) is 0 Å². The molecule has 0 aliphatic heterocycles. The van der Waals surface area contributed by atoms with Crippen LogP contribution in [0.3, 0.4) is 0 Å². The largest absolute Gasteiger partial charge is 1.00 e. The van der Waals surface area contributed by atoms with Gasteiger partial charge in [0, 0.05) is 6.42 Å². The van der Waals surface area contributed by atoms with E-state index >= 15 is 0 Å². The number of carbonyl (C=O) groups is 2. The fourth-order valence-electron chi connectivity index (χ4n) is 1.88. The Bertz CT molecular complexity index is 256. The molecule has 20 heavy (non-hydrogen) atoms. The summed E-state index contributed by atoms with van der Waals surface area (Å²) in [5.41, 5.74) is 0. The molecule has 0 bridgehead atoms. The minimum Gasteiger partial charge on any atom is -0.546 e. The van der Waals surface area contributed by atoms with E-state index in [2.05, 4.69) is 11.7 Å². The van der Waals surface area contributed by atoms with Crippen molar-refractivity contribution in [1.82, 2.24) is 0 Å². The normalized spacial score (nSPS) is 11.5. The molecule has 112 valence electrons. The van der Waals surface area contributed by atoms with Crippen LogP contribution in [0.25, 0.3) is 0 Å². The van der Waals surface area contributed by atoms with Gasteiger partial charge in [-0.15, -0.1) is 0 Å². The van der Waals surface area contributed by atoms with Crippen molar-refractivity contribution in [1.29, 1.82) is 0 Å². The molecule has 5 heteroatoms. The summed E-state index contributed by atoms with van der Waals surface area (Å²) in [6.07, 6.45) is 9.77. The first-order valence-electron chi connectivity index (χ1n) is 7.48. The third-order valence-electron chi connectivity index (χ3n) is 3.12. The Labute approximate surface area is 144 Å². The third kappa shape index (κ3) is 14.4. The van der Waals surface area contributed by atoms with Crippen LogP contribution in [-0.2, 0) is 14.3 Å². The summed E-state index contributed by atoms with van der Waals surface area (Å²) in [7, 11) is 0. The molecule has 0 spiro atoms. The molecule has 0 aliphatic carbocycles. The predicted octanol–water partition coefficient (Wildman–Crippen LogP) is -0.407. The summed E-state index contributed by atoms with van der Waals surface area (Å²) in [6, 6.07) is 0. The van der Waals surface area contributed by atoms with Gasteiger partial charge in [-0.05, 0) is 13.3 Å². The van der Waals surface area contributed by atoms with Crippen LogP contribution in [0, 0.1) is 0 Å². The Morgan fingerprint density at radius 1 is 0.950 bits per heavy atom. The molecule has 0 amide bonds. The van der Waals surface area contributed by atoms with Gasteiger partial charge in [-0.3, -0.25) is 4.79 Å². The number of carboxylic acids is 1. The van der Waals surface area contributed by atoms with Gasteiger partial charge in [-0.2, -0.15) is 0 Å². The number of carboxylic acid groups (broad SMARTS) is 1. The number of hydrogen-bond donors (Lipinski definition) is 0. The van der Waals surface area contributed by atoms with E-state index in [1.165, 1.54) is 45.4 Å². The van der Waals surface area contributed by atoms with E-state index < -0.39 is 18.0 Å². The molecule has 0 N–H and O–H groups in total. The molecule has 0 aromatic carbocycles. The fourth-order valence-corrected chi connectivity index (χ4v) is 1.88. The zero-order chi connectivity index (χ0) is 14.5. The third-order valence-corrected chi connectivity index (χ3v) is 3.12. The second-order valence-electron chi connectivity index (χ2n) is 5.03. The predicted molar refractivity (Wildman–Crippen MR) is 72.4 cm³/mol. The van der Waals surface area contributed by atoms with Crippen molar-refractivity contribution in [2.45, 2.75) is 84.2 Å². The number of rotatable bonds is 12. The standard InChI is InChI=1S/C15H28O4.Na/c1-3-4-5-6-7-8-9-10-11-12-14(16)19-13(2)15(17)18;/h13H,3-12H2,1-2H3,(H,17,18);/q;+1/p-1/t13-;/m0./s1. The fraction of sp³-hybridized carbons (Fsp3) is 0.867. The summed E-state index contributed by atoms with van der Waals surface area (Å²) in [6.45, 7) is 3.52. The molecule has 0 aromatic heterocycles. The Kier molecular flexibility index (Phi) is 17.0. The molecule has 0 heterocycles. The van der Waals surface area contributed by atoms with Crippen molar-refractivity contribution >= 4 is 11.9 Å². The first kappa shape index (κ1) is 22.2. The second kappa shape index (κ2) is 15.3. The average molecular weight is 294 g/mol. The number of carbonyl (C=O) groups excluding carboxylic acids is 2. The zero-order valence-electron chi connectivity index (χ0n) is 13.3. The van der Waals surface area contributed by atoms with E-state index in [1.807, 2.05) is 0 Å². The summed E-state index contributed by atoms with van der Waals surface area (Å²) < 4.78 is 4.68. The van der Waals surface area contributed by atoms with Crippen molar-refractivity contribution < 1.29 is 49.0 Å². The minimum absolute atomic E-state index is 0. The topological polar surface area (TPSA) is 66.4 Å². The van der Waals surface area contributed by atoms with Gasteiger partial charge < -0.3 is 14.6 Å². The summed E-state index contributed by atoms with van der Waals surface area (Å²) in [4.78, 5) is 21.6. The molecule has 0 aromatic rings. The van der Waals surface area contributed by atoms with Gasteiger partial charge in [-0.25, -0.2) is 0 Å². The van der Waals surface area contributed by atoms with Crippen molar-refractivity contribution in [3.63, 3.8) is 0 Å². The maximum absolute atomic E-state index is 11.3. The van der Waals surface area contributed by atoms with Crippen LogP contribution >= 0.6 is 0 Å². The van der Waals surface area contributed by atoms with E-state index in [0.717, 1.165) is 19.3 Å². The maximum atomic E-state index is 11.3. The van der Waals surface area contributed by atoms with Crippen molar-refractivity contribution in [2.75, 3.05) is 0 Å². The van der Waals surface area contributed by atoms with Gasteiger partial charge in [0.25, 0.3) is 0 Å². The monoisotopic (exact) mass is 294 g/mol. The van der Waals surface area contributed by atoms with Crippen LogP contribution in [0.4, 0.5) is 0 Å². The number of aliphatic carboxylic acids is 1. The molecule has 0 saturated carbocycles. The molecular weight excluding hydrogens is 267 g/mol. The Balaban J connectivity index is 0. The SMILES string of the molecule is CCCCCCCCCCCC(=O)O[C@@H](C)C(=O)[O-].[Na+]. The molecule has 0 saturated heterocycles. The minimum atomic E-state index is -1.35. The first-order valence-corrected chi connectivity index (χ1v) is 7.48. The maximum Gasteiger partial charge on any atom is 1.00 e. The number of hydrogen-bond acceptors (Lipinski definition) is 4. The number of unbranched alkanes of at least 4 members (excludes halogenated alkanes) is 8. The molecule has 0 rings (SSSR count). The van der Waals surface area contributed by atoms with Gasteiger partial charge in [0.2, 0.25) is 0 Å². The van der Waals surface area contributed by atoms with Crippen LogP contribution in [0.15, 0.2) is 0 Å². The van der Waals surface area contributed by atoms with Crippen LogP contribution in [0.1, 0.15) is 78.1 Å². The summed E-state index contributed by atoms with van der Waals surface area (Å²) in [5, 5.41) is 10.4. The van der Waals surface area contributed by atoms with E-state index in [1.54, 1.807) is 0 Å². The number of esters is 1. The van der Waals surface area contributed by atoms with Crippen LogP contribution in [0.5, 0.6) is 0 Å². The molecule has 0 radical (unpaired) electrons. The van der Waals surface area contributed by atoms with Crippen molar-refractivity contribution in [3.05, 3.63) is 0 Å². The Morgan fingerprint density at radius 2 is 1.40 bits per heavy atom. The molecule has 0 unspecified atom stereocenters. The molecule has 1 atom stereocenters. The van der Waals surface area contributed by atoms with Gasteiger partial charge in [0.05, 0.1) is 5.97 Å². The quantitative estimate of drug-likeness (QED) is 0.279. The van der Waals surface area contributed by atoms with Crippen LogP contribution in [-0.4, -0.2) is 18.0 Å². The van der Waals surface area contributed by atoms with Gasteiger partial charge in [0.1, 0.15) is 6.10 Å². The molecule has 4 nitrogen and oxygen atoms in total. The molecular formula is C15H27NaO4. The van der Waals surface area contributed by atoms with Gasteiger partial charge >= 0.3 is 35.5 Å². The first-order chi connectivity index (χ1) is 9.07. The molecule has 0 aliphatic rings. The van der Waals surface area contributed by atoms with Gasteiger partial charge in [0.15, 0.2) is 0 Å². The Morgan fingerprint density at radius 3 is 1.85 bits per heavy atom. The van der Waals surface area contributed by atoms with Gasteiger partial charge in [-0.1, -0.05) is 58.3 Å². The summed E-state index contributed by atoms with van der Waals surface area (Å²) in [5.74, 6) is -1.79. The second-order valence-corrected chi connectivity index (χ2v) is 5.03. The average Bonchev–Trinajstić information content (AvgIpc) is 2.36. The molecule has 0 fully saturated rings. The van der Waals surface area contributed by atoms with Crippen LogP contribution < -0.4 is 34.7 Å². The van der Waals surface area contributed by atoms with E-state index in [-0.39, 0.29) is 29.6 Å². The van der Waals surface area contributed by atoms with E-state index in [0.29, 0.717) is 6.42 Å². The zero-order valence-corrected chi connectivity index (χ0v) is 15.3. The van der Waals surface area contributed by atoms with E-state index in [4.69, 9.17) is 0 Å². The van der Waals surface area contributed by atoms with E-state index in [9.17, 15) is 14.7 Å². The van der Waals surface area contributed by atoms with Crippen molar-refractivity contribution in [3.8, 4) is 0 Å². The number of ether oxygens (including phenoxy) is 1. The Hall–Kier alpha value is -0.0600.